The van der Waals surface area contributed by atoms with Crippen LogP contribution in [0.1, 0.15) is 54.0 Å². The molecule has 5 atom stereocenters. The number of likely N-dealkylation sites (tertiary alicyclic amines) is 1. The number of fused-ring (bicyclic) bond motifs is 1. The molecule has 0 radical (unpaired) electrons. The van der Waals surface area contributed by atoms with Crippen LogP contribution in [0.15, 0.2) is 42.5 Å². The Morgan fingerprint density at radius 2 is 1.47 bits per heavy atom. The van der Waals surface area contributed by atoms with Gasteiger partial charge in [-0.25, -0.2) is 4.39 Å². The third-order valence-corrected chi connectivity index (χ3v) is 7.07. The fraction of sp³-hybridized carbons (Fsp3) is 0.520. The highest BCUT2D eigenvalue weighted by Crippen LogP contribution is 2.48. The average Bonchev–Trinajstić information content (AvgIpc) is 3.13. The first-order valence-electron chi connectivity index (χ1n) is 11.2. The molecule has 186 valence electrons. The molecule has 2 aromatic carbocycles. The quantitative estimate of drug-likeness (QED) is 0.426. The van der Waals surface area contributed by atoms with E-state index in [-0.39, 0.29) is 29.3 Å². The van der Waals surface area contributed by atoms with Gasteiger partial charge in [0, 0.05) is 19.0 Å². The summed E-state index contributed by atoms with van der Waals surface area (Å²) in [5, 5.41) is 0. The monoisotopic (exact) mass is 489 g/mol. The molecule has 1 saturated heterocycles. The van der Waals surface area contributed by atoms with Gasteiger partial charge in [0.05, 0.1) is 23.3 Å². The highest BCUT2D eigenvalue weighted by molar-refractivity contribution is 5.35. The average molecular weight is 489 g/mol. The van der Waals surface area contributed by atoms with Gasteiger partial charge >= 0.3 is 12.4 Å². The molecule has 0 bridgehead atoms. The molecule has 0 unspecified atom stereocenters. The summed E-state index contributed by atoms with van der Waals surface area (Å²) >= 11 is 0. The lowest BCUT2D eigenvalue weighted by molar-refractivity contribution is -0.143. The number of alkyl halides is 6. The van der Waals surface area contributed by atoms with Crippen molar-refractivity contribution in [2.75, 3.05) is 20.1 Å². The predicted octanol–water partition coefficient (Wildman–Crippen LogP) is 7.06. The summed E-state index contributed by atoms with van der Waals surface area (Å²) in [5.74, 6) is 0.0861. The number of nitrogens with zero attached hydrogens (tertiary/aromatic N) is 1. The SMILES string of the molecule is C[C@@H](O[C@H]1CC[C@H]2CN(C)C[C@H]2[C@@H]1c1ccc(F)cc1)c1cc(C(F)(F)F)cc(C(F)(F)F)c1. The fourth-order valence-corrected chi connectivity index (χ4v) is 5.52. The second kappa shape index (κ2) is 9.15. The summed E-state index contributed by atoms with van der Waals surface area (Å²) in [7, 11) is 2.01. The van der Waals surface area contributed by atoms with Crippen LogP contribution in [0.2, 0.25) is 0 Å². The Morgan fingerprint density at radius 1 is 0.882 bits per heavy atom. The van der Waals surface area contributed by atoms with Crippen molar-refractivity contribution in [3.8, 4) is 0 Å². The van der Waals surface area contributed by atoms with Crippen LogP contribution >= 0.6 is 0 Å². The molecule has 1 aliphatic carbocycles. The normalized spacial score (nSPS) is 27.0. The van der Waals surface area contributed by atoms with Gasteiger partial charge in [0.1, 0.15) is 5.82 Å². The summed E-state index contributed by atoms with van der Waals surface area (Å²) in [6.45, 7) is 3.18. The van der Waals surface area contributed by atoms with E-state index in [0.29, 0.717) is 12.3 Å². The Bertz CT molecular complexity index is 970. The summed E-state index contributed by atoms with van der Waals surface area (Å²) in [6, 6.07) is 7.67. The van der Waals surface area contributed by atoms with Gasteiger partial charge in [0.25, 0.3) is 0 Å². The molecule has 9 heteroatoms. The van der Waals surface area contributed by atoms with E-state index in [4.69, 9.17) is 4.74 Å². The van der Waals surface area contributed by atoms with Crippen molar-refractivity contribution in [2.24, 2.45) is 11.8 Å². The predicted molar refractivity (Wildman–Crippen MR) is 113 cm³/mol. The minimum absolute atomic E-state index is 0.122. The minimum Gasteiger partial charge on any atom is -0.370 e. The zero-order valence-electron chi connectivity index (χ0n) is 18.8. The number of halogens is 7. The minimum atomic E-state index is -4.92. The molecule has 0 amide bonds. The zero-order chi connectivity index (χ0) is 24.8. The lowest BCUT2D eigenvalue weighted by Crippen LogP contribution is -2.38. The molecule has 2 aromatic rings. The van der Waals surface area contributed by atoms with E-state index in [1.54, 1.807) is 12.1 Å². The number of hydrogen-bond donors (Lipinski definition) is 0. The molecular formula is C25H26F7NO. The number of ether oxygens (including phenoxy) is 1. The van der Waals surface area contributed by atoms with Crippen LogP contribution in [-0.4, -0.2) is 31.1 Å². The summed E-state index contributed by atoms with van der Waals surface area (Å²) in [6.07, 6.45) is -9.78. The smallest absolute Gasteiger partial charge is 0.370 e. The molecule has 1 saturated carbocycles. The Labute approximate surface area is 193 Å². The van der Waals surface area contributed by atoms with Crippen LogP contribution in [0.25, 0.3) is 0 Å². The lowest BCUT2D eigenvalue weighted by Gasteiger charge is -2.41. The molecule has 0 spiro atoms. The van der Waals surface area contributed by atoms with Crippen LogP contribution in [0.4, 0.5) is 30.7 Å². The van der Waals surface area contributed by atoms with Crippen molar-refractivity contribution in [1.29, 1.82) is 0 Å². The van der Waals surface area contributed by atoms with E-state index in [9.17, 15) is 30.7 Å². The van der Waals surface area contributed by atoms with Crippen LogP contribution < -0.4 is 0 Å². The van der Waals surface area contributed by atoms with Gasteiger partial charge in [-0.3, -0.25) is 0 Å². The summed E-state index contributed by atoms with van der Waals surface area (Å²) < 4.78 is 99.7. The first-order chi connectivity index (χ1) is 15.8. The molecule has 2 aliphatic rings. The first-order valence-corrected chi connectivity index (χ1v) is 11.2. The van der Waals surface area contributed by atoms with Gasteiger partial charge in [0.2, 0.25) is 0 Å². The Hall–Kier alpha value is -2.13. The third-order valence-electron chi connectivity index (χ3n) is 7.07. The number of hydrogen-bond acceptors (Lipinski definition) is 2. The molecule has 0 N–H and O–H groups in total. The summed E-state index contributed by atoms with van der Waals surface area (Å²) in [5.41, 5.74) is -2.03. The van der Waals surface area contributed by atoms with Gasteiger partial charge in [-0.2, -0.15) is 26.3 Å². The van der Waals surface area contributed by atoms with Gasteiger partial charge in [-0.15, -0.1) is 0 Å². The van der Waals surface area contributed by atoms with Crippen molar-refractivity contribution in [2.45, 2.75) is 50.2 Å². The lowest BCUT2D eigenvalue weighted by atomic mass is 9.69. The summed E-state index contributed by atoms with van der Waals surface area (Å²) in [4.78, 5) is 2.21. The Balaban J connectivity index is 1.65. The highest BCUT2D eigenvalue weighted by atomic mass is 19.4. The highest BCUT2D eigenvalue weighted by Gasteiger charge is 2.45. The van der Waals surface area contributed by atoms with Gasteiger partial charge < -0.3 is 9.64 Å². The van der Waals surface area contributed by atoms with Crippen molar-refractivity contribution < 1.29 is 35.5 Å². The van der Waals surface area contributed by atoms with Gasteiger partial charge in [0.15, 0.2) is 0 Å². The molecule has 34 heavy (non-hydrogen) atoms. The maximum absolute atomic E-state index is 13.6. The van der Waals surface area contributed by atoms with Crippen LogP contribution in [0.3, 0.4) is 0 Å². The Morgan fingerprint density at radius 3 is 2.03 bits per heavy atom. The maximum Gasteiger partial charge on any atom is 0.416 e. The third kappa shape index (κ3) is 5.25. The van der Waals surface area contributed by atoms with Crippen molar-refractivity contribution in [3.63, 3.8) is 0 Å². The van der Waals surface area contributed by atoms with Crippen molar-refractivity contribution in [3.05, 3.63) is 70.5 Å². The van der Waals surface area contributed by atoms with E-state index in [0.717, 1.165) is 37.2 Å². The molecule has 1 aliphatic heterocycles. The number of rotatable bonds is 4. The van der Waals surface area contributed by atoms with Crippen LogP contribution in [0, 0.1) is 17.7 Å². The number of benzene rings is 2. The topological polar surface area (TPSA) is 12.5 Å². The molecular weight excluding hydrogens is 463 g/mol. The standard InChI is InChI=1S/C25H26F7NO/c1-14(17-9-18(24(27,28)29)11-19(10-17)25(30,31)32)34-22-8-5-16-12-33(2)13-21(16)23(22)15-3-6-20(26)7-4-15/h3-4,6-7,9-11,14,16,21-23H,5,8,12-13H2,1-2H3/t14-,16+,21-,22+,23+/m1/s1. The van der Waals surface area contributed by atoms with Gasteiger partial charge in [-0.05, 0) is 80.1 Å². The molecule has 4 rings (SSSR count). The zero-order valence-corrected chi connectivity index (χ0v) is 18.8. The van der Waals surface area contributed by atoms with E-state index < -0.39 is 35.7 Å². The fourth-order valence-electron chi connectivity index (χ4n) is 5.52. The van der Waals surface area contributed by atoms with Crippen LogP contribution in [0.5, 0.6) is 0 Å². The van der Waals surface area contributed by atoms with E-state index in [1.807, 2.05) is 7.05 Å². The largest absolute Gasteiger partial charge is 0.416 e. The molecule has 2 nitrogen and oxygen atoms in total. The second-order valence-electron chi connectivity index (χ2n) is 9.46. The van der Waals surface area contributed by atoms with Crippen molar-refractivity contribution >= 4 is 0 Å². The van der Waals surface area contributed by atoms with E-state index >= 15 is 0 Å². The molecule has 2 fully saturated rings. The Kier molecular flexibility index (Phi) is 6.72. The van der Waals surface area contributed by atoms with Crippen LogP contribution in [-0.2, 0) is 17.1 Å². The molecule has 0 aromatic heterocycles. The first kappa shape index (κ1) is 25.0. The molecule has 1 heterocycles. The van der Waals surface area contributed by atoms with E-state index in [1.165, 1.54) is 19.1 Å². The van der Waals surface area contributed by atoms with Crippen molar-refractivity contribution in [1.82, 2.24) is 4.90 Å². The van der Waals surface area contributed by atoms with Gasteiger partial charge in [-0.1, -0.05) is 12.1 Å². The second-order valence-corrected chi connectivity index (χ2v) is 9.46. The van der Waals surface area contributed by atoms with E-state index in [2.05, 4.69) is 4.90 Å². The maximum atomic E-state index is 13.6.